The number of hydrogen-bond donors (Lipinski definition) is 6. The third-order valence-corrected chi connectivity index (χ3v) is 7.88. The molecule has 3 heterocycles. The zero-order chi connectivity index (χ0) is 36.5. The summed E-state index contributed by atoms with van der Waals surface area (Å²) in [5, 5.41) is 6.21. The van der Waals surface area contributed by atoms with E-state index in [1.54, 1.807) is 6.92 Å². The number of hydrogen-bond acceptors (Lipinski definition) is 12. The zero-order valence-corrected chi connectivity index (χ0v) is 28.7. The van der Waals surface area contributed by atoms with E-state index >= 15 is 0 Å². The summed E-state index contributed by atoms with van der Waals surface area (Å²) in [6.45, 7) is 4.92. The van der Waals surface area contributed by atoms with E-state index in [1.807, 2.05) is 6.92 Å². The van der Waals surface area contributed by atoms with Crippen molar-refractivity contribution in [2.75, 3.05) is 20.1 Å². The first-order chi connectivity index (χ1) is 22.3. The van der Waals surface area contributed by atoms with Crippen LogP contribution in [0.2, 0.25) is 0 Å². The van der Waals surface area contributed by atoms with Gasteiger partial charge in [-0.3, -0.25) is 28.0 Å². The molecule has 0 spiro atoms. The van der Waals surface area contributed by atoms with E-state index < -0.39 is 45.6 Å². The van der Waals surface area contributed by atoms with Crippen LogP contribution in [0.1, 0.15) is 56.8 Å². The molecule has 0 aromatic carbocycles. The fraction of sp³-hybridized carbons (Fsp3) is 0.444. The molecule has 0 atom stereocenters. The molecule has 0 aliphatic rings. The topological polar surface area (TPSA) is 290 Å². The summed E-state index contributed by atoms with van der Waals surface area (Å²) < 4.78 is 105. The normalized spacial score (nSPS) is 11.4. The lowest BCUT2D eigenvalue weighted by Gasteiger charge is -2.01. The van der Waals surface area contributed by atoms with E-state index in [-0.39, 0.29) is 43.4 Å². The predicted octanol–water partition coefficient (Wildman–Crippen LogP) is 1.79. The molecule has 0 bridgehead atoms. The molecule has 0 fully saturated rings. The van der Waals surface area contributed by atoms with E-state index in [1.165, 1.54) is 25.2 Å². The van der Waals surface area contributed by atoms with Gasteiger partial charge in [0.05, 0.1) is 0 Å². The molecular weight excluding hydrogens is 703 g/mol. The van der Waals surface area contributed by atoms with E-state index in [2.05, 4.69) is 16.0 Å². The van der Waals surface area contributed by atoms with Crippen molar-refractivity contribution in [3.05, 3.63) is 53.7 Å². The van der Waals surface area contributed by atoms with E-state index in [9.17, 15) is 39.6 Å². The second kappa shape index (κ2) is 19.7. The Morgan fingerprint density at radius 2 is 0.917 bits per heavy atom. The fourth-order valence-electron chi connectivity index (χ4n) is 3.37. The molecular formula is C27H39N3O15S3. The minimum atomic E-state index is -4.30. The highest BCUT2D eigenvalue weighted by Crippen LogP contribution is 2.16. The molecule has 0 radical (unpaired) electrons. The van der Waals surface area contributed by atoms with Crippen molar-refractivity contribution in [1.82, 2.24) is 16.0 Å². The lowest BCUT2D eigenvalue weighted by molar-refractivity contribution is -0.121. The summed E-state index contributed by atoms with van der Waals surface area (Å²) in [5.74, 6) is 0.623. The number of amides is 3. The highest BCUT2D eigenvalue weighted by Gasteiger charge is 2.17. The highest BCUT2D eigenvalue weighted by molar-refractivity contribution is 7.86. The van der Waals surface area contributed by atoms with Crippen molar-refractivity contribution in [1.29, 1.82) is 0 Å². The molecule has 3 aromatic rings. The third kappa shape index (κ3) is 16.7. The molecule has 48 heavy (non-hydrogen) atoms. The van der Waals surface area contributed by atoms with Crippen molar-refractivity contribution in [2.24, 2.45) is 0 Å². The number of carbonyl (C=O) groups is 3. The average Bonchev–Trinajstić information content (AvgIpc) is 3.78. The van der Waals surface area contributed by atoms with E-state index in [0.29, 0.717) is 43.2 Å². The molecule has 0 saturated heterocycles. The van der Waals surface area contributed by atoms with Crippen LogP contribution in [0.3, 0.4) is 0 Å². The van der Waals surface area contributed by atoms with E-state index in [0.717, 1.165) is 24.6 Å². The number of nitrogens with one attached hydrogen (secondary N) is 3. The van der Waals surface area contributed by atoms with Gasteiger partial charge in [-0.05, 0) is 49.7 Å². The zero-order valence-electron chi connectivity index (χ0n) is 26.3. The van der Waals surface area contributed by atoms with Crippen LogP contribution in [0.4, 0.5) is 0 Å². The first kappa shape index (κ1) is 42.0. The fourth-order valence-corrected chi connectivity index (χ4v) is 4.72. The maximum Gasteiger partial charge on any atom is 0.328 e. The number of aryl methyl sites for hydroxylation is 3. The second-order valence-electron chi connectivity index (χ2n) is 9.56. The second-order valence-corrected chi connectivity index (χ2v) is 13.6. The minimum absolute atomic E-state index is 0.114. The molecule has 18 nitrogen and oxygen atoms in total. The highest BCUT2D eigenvalue weighted by atomic mass is 32.2. The van der Waals surface area contributed by atoms with Crippen molar-refractivity contribution < 1.29 is 66.5 Å². The smallest absolute Gasteiger partial charge is 0.328 e. The minimum Gasteiger partial charge on any atom is -0.447 e. The summed E-state index contributed by atoms with van der Waals surface area (Å²) >= 11 is 0. The quantitative estimate of drug-likeness (QED) is 0.121. The van der Waals surface area contributed by atoms with Crippen LogP contribution in [0.25, 0.3) is 0 Å². The Labute approximate surface area is 277 Å². The Bertz CT molecular complexity index is 1810. The summed E-state index contributed by atoms with van der Waals surface area (Å²) in [5.41, 5.74) is 0. The van der Waals surface area contributed by atoms with Crippen LogP contribution in [-0.4, -0.2) is 76.8 Å². The number of rotatable bonds is 15. The summed E-state index contributed by atoms with van der Waals surface area (Å²) in [6.07, 6.45) is 2.38. The van der Waals surface area contributed by atoms with Crippen molar-refractivity contribution >= 4 is 48.1 Å². The van der Waals surface area contributed by atoms with Gasteiger partial charge >= 0.3 is 30.4 Å². The maximum atomic E-state index is 11.3. The van der Waals surface area contributed by atoms with Crippen LogP contribution in [0.15, 0.2) is 64.9 Å². The predicted molar refractivity (Wildman–Crippen MR) is 167 cm³/mol. The van der Waals surface area contributed by atoms with Crippen molar-refractivity contribution in [3.63, 3.8) is 0 Å². The van der Waals surface area contributed by atoms with Crippen LogP contribution < -0.4 is 16.0 Å². The van der Waals surface area contributed by atoms with Crippen molar-refractivity contribution in [2.45, 2.75) is 74.1 Å². The van der Waals surface area contributed by atoms with Gasteiger partial charge in [0.25, 0.3) is 0 Å². The van der Waals surface area contributed by atoms with Gasteiger partial charge in [0.1, 0.15) is 17.3 Å². The first-order valence-electron chi connectivity index (χ1n) is 14.2. The molecule has 21 heteroatoms. The van der Waals surface area contributed by atoms with Gasteiger partial charge in [-0.1, -0.05) is 6.92 Å². The summed E-state index contributed by atoms with van der Waals surface area (Å²) in [7, 11) is -11.4. The Balaban J connectivity index is 0.000000361. The van der Waals surface area contributed by atoms with Gasteiger partial charge in [0.2, 0.25) is 33.0 Å². The van der Waals surface area contributed by atoms with Crippen molar-refractivity contribution in [3.8, 4) is 0 Å². The number of furan rings is 3. The lowest BCUT2D eigenvalue weighted by atomic mass is 10.2. The van der Waals surface area contributed by atoms with Gasteiger partial charge in [-0.2, -0.15) is 25.3 Å². The van der Waals surface area contributed by atoms with Gasteiger partial charge in [0.15, 0.2) is 0 Å². The van der Waals surface area contributed by atoms with Gasteiger partial charge in [-0.15, -0.1) is 0 Å². The van der Waals surface area contributed by atoms with Crippen LogP contribution >= 0.6 is 0 Å². The molecule has 0 saturated carbocycles. The lowest BCUT2D eigenvalue weighted by Crippen LogP contribution is -2.24. The average molecular weight is 742 g/mol. The van der Waals surface area contributed by atoms with Gasteiger partial charge < -0.3 is 29.2 Å². The number of carbonyl (C=O) groups excluding carboxylic acids is 3. The molecule has 6 N–H and O–H groups in total. The molecule has 0 aliphatic heterocycles. The van der Waals surface area contributed by atoms with Gasteiger partial charge in [0, 0.05) is 58.7 Å². The Hall–Kier alpha value is -4.02. The molecule has 3 rings (SSSR count). The molecule has 270 valence electrons. The SMILES string of the molecule is CCCNC(=O)CCc1ccc(S(=O)(=O)O)o1.CCNC(=O)CCc1ccc(S(=O)(=O)O)o1.CNC(=O)CCc1ccc(S(=O)(=O)O)o1. The van der Waals surface area contributed by atoms with Crippen LogP contribution in [0, 0.1) is 0 Å². The maximum absolute atomic E-state index is 11.3. The van der Waals surface area contributed by atoms with E-state index in [4.69, 9.17) is 26.9 Å². The van der Waals surface area contributed by atoms with Gasteiger partial charge in [-0.25, -0.2) is 0 Å². The summed E-state index contributed by atoms with van der Waals surface area (Å²) in [4.78, 5) is 33.2. The Morgan fingerprint density at radius 1 is 0.583 bits per heavy atom. The standard InChI is InChI=1S/C10H15NO5S.C9H13NO5S.C8H11NO5S/c1-2-7-11-9(12)5-3-8-4-6-10(16-8)17(13,14)15;1-2-10-8(11)5-3-7-4-6-9(15-7)16(12,13)14;1-9-7(10)4-2-6-3-5-8(14-6)15(11,12)13/h4,6H,2-3,5,7H2,1H3,(H,11,12)(H,13,14,15);4,6H,2-3,5H2,1H3,(H,10,11)(H,12,13,14);3,5H,2,4H2,1H3,(H,9,10)(H,11,12,13). The first-order valence-corrected chi connectivity index (χ1v) is 18.5. The largest absolute Gasteiger partial charge is 0.447 e. The Morgan fingerprint density at radius 3 is 1.19 bits per heavy atom. The summed E-state index contributed by atoms with van der Waals surface area (Å²) in [6, 6.07) is 7.72. The van der Waals surface area contributed by atoms with Crippen LogP contribution in [0.5, 0.6) is 0 Å². The van der Waals surface area contributed by atoms with Crippen LogP contribution in [-0.2, 0) is 64.0 Å². The molecule has 3 amide bonds. The third-order valence-electron chi connectivity index (χ3n) is 5.69. The molecule has 0 aliphatic carbocycles. The molecule has 0 unspecified atom stereocenters. The Kier molecular flexibility index (Phi) is 17.3. The molecule has 3 aromatic heterocycles. The monoisotopic (exact) mass is 741 g/mol.